The number of aliphatic hydroxyl groups is 1. The van der Waals surface area contributed by atoms with Crippen LogP contribution in [0.3, 0.4) is 0 Å². The highest BCUT2D eigenvalue weighted by atomic mass is 16.6. The minimum atomic E-state index is -0.456. The molecule has 0 aromatic carbocycles. The highest BCUT2D eigenvalue weighted by Crippen LogP contribution is 2.30. The molecule has 1 saturated carbocycles. The van der Waals surface area contributed by atoms with Crippen molar-refractivity contribution in [2.45, 2.75) is 52.2 Å². The van der Waals surface area contributed by atoms with E-state index in [1.165, 1.54) is 0 Å². The molecular weight excluding hydrogens is 206 g/mol. The van der Waals surface area contributed by atoms with Gasteiger partial charge in [-0.25, -0.2) is 4.79 Å². The number of amides is 1. The van der Waals surface area contributed by atoms with Gasteiger partial charge in [-0.15, -0.1) is 0 Å². The fourth-order valence-corrected chi connectivity index (χ4v) is 2.19. The van der Waals surface area contributed by atoms with Gasteiger partial charge in [0.05, 0.1) is 0 Å². The summed E-state index contributed by atoms with van der Waals surface area (Å²) in [5.41, 5.74) is -0.456. The molecule has 3 atom stereocenters. The van der Waals surface area contributed by atoms with Gasteiger partial charge in [-0.05, 0) is 45.4 Å². The maximum Gasteiger partial charge on any atom is 0.407 e. The molecule has 1 aliphatic carbocycles. The van der Waals surface area contributed by atoms with Crippen LogP contribution in [0.4, 0.5) is 4.79 Å². The predicted molar refractivity (Wildman–Crippen MR) is 62.1 cm³/mol. The molecule has 2 N–H and O–H groups in total. The fourth-order valence-electron chi connectivity index (χ4n) is 2.19. The Bertz CT molecular complexity index is 247. The fraction of sp³-hybridized carbons (Fsp3) is 0.917. The number of hydrogen-bond acceptors (Lipinski definition) is 3. The quantitative estimate of drug-likeness (QED) is 0.760. The van der Waals surface area contributed by atoms with Crippen molar-refractivity contribution in [3.8, 4) is 0 Å². The maximum atomic E-state index is 11.6. The van der Waals surface area contributed by atoms with Crippen molar-refractivity contribution in [3.05, 3.63) is 0 Å². The van der Waals surface area contributed by atoms with Crippen LogP contribution in [0.2, 0.25) is 0 Å². The first-order valence-electron chi connectivity index (χ1n) is 5.92. The predicted octanol–water partition coefficient (Wildman–Crippen LogP) is 1.92. The Morgan fingerprint density at radius 2 is 2.06 bits per heavy atom. The Morgan fingerprint density at radius 1 is 1.44 bits per heavy atom. The topological polar surface area (TPSA) is 58.6 Å². The summed E-state index contributed by atoms with van der Waals surface area (Å²) in [4.78, 5) is 11.6. The smallest absolute Gasteiger partial charge is 0.407 e. The summed E-state index contributed by atoms with van der Waals surface area (Å²) in [5.74, 6) is 0.722. The third-order valence-electron chi connectivity index (χ3n) is 2.94. The molecule has 0 bridgehead atoms. The molecule has 1 rings (SSSR count). The summed E-state index contributed by atoms with van der Waals surface area (Å²) in [6, 6.07) is 0.131. The molecule has 3 unspecified atom stereocenters. The van der Waals surface area contributed by atoms with Gasteiger partial charge in [0, 0.05) is 12.6 Å². The second-order valence-electron chi connectivity index (χ2n) is 5.75. The van der Waals surface area contributed by atoms with Crippen LogP contribution in [-0.4, -0.2) is 29.4 Å². The van der Waals surface area contributed by atoms with Gasteiger partial charge in [-0.1, -0.05) is 6.92 Å². The molecule has 4 heteroatoms. The van der Waals surface area contributed by atoms with Crippen LogP contribution in [-0.2, 0) is 4.74 Å². The normalized spacial score (nSPS) is 30.2. The van der Waals surface area contributed by atoms with Gasteiger partial charge in [0.25, 0.3) is 0 Å². The van der Waals surface area contributed by atoms with E-state index in [2.05, 4.69) is 12.2 Å². The molecule has 1 amide bonds. The number of aliphatic hydroxyl groups excluding tert-OH is 1. The molecule has 94 valence electrons. The summed E-state index contributed by atoms with van der Waals surface area (Å²) in [6.45, 7) is 7.85. The third-order valence-corrected chi connectivity index (χ3v) is 2.94. The molecule has 0 spiro atoms. The number of carbonyl (C=O) groups excluding carboxylic acids is 1. The van der Waals surface area contributed by atoms with Gasteiger partial charge < -0.3 is 15.2 Å². The highest BCUT2D eigenvalue weighted by Gasteiger charge is 2.32. The van der Waals surface area contributed by atoms with Crippen LogP contribution in [0.25, 0.3) is 0 Å². The van der Waals surface area contributed by atoms with Crippen LogP contribution >= 0.6 is 0 Å². The molecule has 16 heavy (non-hydrogen) atoms. The lowest BCUT2D eigenvalue weighted by molar-refractivity contribution is 0.0493. The first-order valence-corrected chi connectivity index (χ1v) is 5.92. The Hall–Kier alpha value is -0.770. The molecule has 1 aliphatic rings. The Morgan fingerprint density at radius 3 is 2.50 bits per heavy atom. The van der Waals surface area contributed by atoms with Crippen molar-refractivity contribution >= 4 is 6.09 Å². The number of rotatable bonds is 2. The molecular formula is C12H23NO3. The van der Waals surface area contributed by atoms with Crippen molar-refractivity contribution in [1.29, 1.82) is 0 Å². The van der Waals surface area contributed by atoms with Gasteiger partial charge in [0.15, 0.2) is 0 Å². The van der Waals surface area contributed by atoms with E-state index < -0.39 is 5.60 Å². The summed E-state index contributed by atoms with van der Waals surface area (Å²) in [7, 11) is 0. The molecule has 0 saturated heterocycles. The number of nitrogens with one attached hydrogen (secondary N) is 1. The van der Waals surface area contributed by atoms with Gasteiger partial charge in [-0.3, -0.25) is 0 Å². The minimum Gasteiger partial charge on any atom is -0.444 e. The monoisotopic (exact) mass is 229 g/mol. The van der Waals surface area contributed by atoms with Gasteiger partial charge in [-0.2, -0.15) is 0 Å². The first kappa shape index (κ1) is 13.3. The zero-order valence-corrected chi connectivity index (χ0v) is 10.6. The van der Waals surface area contributed by atoms with E-state index in [-0.39, 0.29) is 18.7 Å². The van der Waals surface area contributed by atoms with E-state index in [0.29, 0.717) is 11.8 Å². The Kier molecular flexibility index (Phi) is 4.19. The van der Waals surface area contributed by atoms with E-state index in [9.17, 15) is 4.79 Å². The van der Waals surface area contributed by atoms with Crippen molar-refractivity contribution in [2.24, 2.45) is 11.8 Å². The molecule has 0 aromatic heterocycles. The number of carbonyl (C=O) groups is 1. The lowest BCUT2D eigenvalue weighted by atomic mass is 10.1. The van der Waals surface area contributed by atoms with Crippen molar-refractivity contribution in [2.75, 3.05) is 6.61 Å². The molecule has 0 aliphatic heterocycles. The van der Waals surface area contributed by atoms with E-state index >= 15 is 0 Å². The lowest BCUT2D eigenvalue weighted by Crippen LogP contribution is -2.40. The van der Waals surface area contributed by atoms with Crippen molar-refractivity contribution in [1.82, 2.24) is 5.32 Å². The van der Waals surface area contributed by atoms with Crippen molar-refractivity contribution in [3.63, 3.8) is 0 Å². The maximum absolute atomic E-state index is 11.6. The van der Waals surface area contributed by atoms with E-state index in [1.807, 2.05) is 20.8 Å². The van der Waals surface area contributed by atoms with Crippen LogP contribution in [0, 0.1) is 11.8 Å². The van der Waals surface area contributed by atoms with Crippen LogP contribution in [0.15, 0.2) is 0 Å². The SMILES string of the molecule is CC1CC(CO)CC1NC(=O)OC(C)(C)C. The average Bonchev–Trinajstić information content (AvgIpc) is 2.44. The molecule has 4 nitrogen and oxygen atoms in total. The Balaban J connectivity index is 2.40. The van der Waals surface area contributed by atoms with Gasteiger partial charge in [0.2, 0.25) is 0 Å². The first-order chi connectivity index (χ1) is 7.31. The van der Waals surface area contributed by atoms with E-state index in [1.54, 1.807) is 0 Å². The minimum absolute atomic E-state index is 0.131. The summed E-state index contributed by atoms with van der Waals surface area (Å²) in [6.07, 6.45) is 1.45. The lowest BCUT2D eigenvalue weighted by Gasteiger charge is -2.23. The second-order valence-corrected chi connectivity index (χ2v) is 5.75. The largest absolute Gasteiger partial charge is 0.444 e. The third kappa shape index (κ3) is 4.00. The Labute approximate surface area is 97.4 Å². The van der Waals surface area contributed by atoms with Gasteiger partial charge in [0.1, 0.15) is 5.60 Å². The van der Waals surface area contributed by atoms with Crippen LogP contribution in [0.5, 0.6) is 0 Å². The van der Waals surface area contributed by atoms with Gasteiger partial charge >= 0.3 is 6.09 Å². The summed E-state index contributed by atoms with van der Waals surface area (Å²) < 4.78 is 5.20. The molecule has 0 aromatic rings. The van der Waals surface area contributed by atoms with Crippen molar-refractivity contribution < 1.29 is 14.6 Å². The van der Waals surface area contributed by atoms with E-state index in [4.69, 9.17) is 9.84 Å². The molecule has 0 heterocycles. The zero-order valence-electron chi connectivity index (χ0n) is 10.6. The number of alkyl carbamates (subject to hydrolysis) is 1. The number of ether oxygens (including phenoxy) is 1. The standard InChI is InChI=1S/C12H23NO3/c1-8-5-9(7-14)6-10(8)13-11(15)16-12(2,3)4/h8-10,14H,5-7H2,1-4H3,(H,13,15). The second kappa shape index (κ2) is 5.04. The average molecular weight is 229 g/mol. The summed E-state index contributed by atoms with van der Waals surface area (Å²) in [5, 5.41) is 12.0. The van der Waals surface area contributed by atoms with Crippen LogP contribution < -0.4 is 5.32 Å². The summed E-state index contributed by atoms with van der Waals surface area (Å²) >= 11 is 0. The number of hydrogen-bond donors (Lipinski definition) is 2. The highest BCUT2D eigenvalue weighted by molar-refractivity contribution is 5.68. The van der Waals surface area contributed by atoms with Crippen LogP contribution in [0.1, 0.15) is 40.5 Å². The van der Waals surface area contributed by atoms with E-state index in [0.717, 1.165) is 12.8 Å². The molecule has 1 fully saturated rings. The molecule has 0 radical (unpaired) electrons. The zero-order chi connectivity index (χ0) is 12.3.